The summed E-state index contributed by atoms with van der Waals surface area (Å²) >= 11 is 0. The number of nitrogens with zero attached hydrogens (tertiary/aromatic N) is 2. The smallest absolute Gasteiger partial charge is 0.145 e. The molecule has 10 rings (SSSR count). The van der Waals surface area contributed by atoms with Crippen LogP contribution in [0.2, 0.25) is 0 Å². The molecule has 50 heavy (non-hydrogen) atoms. The predicted octanol–water partition coefficient (Wildman–Crippen LogP) is 12.7. The summed E-state index contributed by atoms with van der Waals surface area (Å²) in [6.07, 6.45) is 0. The molecule has 3 aromatic heterocycles. The fourth-order valence-corrected chi connectivity index (χ4v) is 7.47. The van der Waals surface area contributed by atoms with Crippen molar-refractivity contribution in [3.05, 3.63) is 182 Å². The lowest BCUT2D eigenvalue weighted by Gasteiger charge is -2.11. The highest BCUT2D eigenvalue weighted by Crippen LogP contribution is 2.43. The summed E-state index contributed by atoms with van der Waals surface area (Å²) in [5.74, 6) is 0. The number of benzene rings is 7. The quantitative estimate of drug-likeness (QED) is 0.188. The topological polar surface area (TPSA) is 31.0 Å². The Morgan fingerprint density at radius 1 is 0.380 bits per heavy atom. The molecule has 0 saturated heterocycles. The van der Waals surface area contributed by atoms with Crippen LogP contribution < -0.4 is 0 Å². The molecule has 0 unspecified atom stereocenters. The van der Waals surface area contributed by atoms with E-state index in [4.69, 9.17) is 9.40 Å². The minimum atomic E-state index is 0.897. The molecule has 7 aromatic carbocycles. The Balaban J connectivity index is 1.16. The zero-order chi connectivity index (χ0) is 33.0. The molecule has 0 atom stereocenters. The Kier molecular flexibility index (Phi) is 6.49. The van der Waals surface area contributed by atoms with E-state index in [0.717, 1.165) is 88.8 Å². The van der Waals surface area contributed by atoms with Crippen molar-refractivity contribution in [1.29, 1.82) is 0 Å². The lowest BCUT2D eigenvalue weighted by Crippen LogP contribution is -1.92. The van der Waals surface area contributed by atoms with Crippen LogP contribution in [0.25, 0.3) is 94.2 Å². The maximum Gasteiger partial charge on any atom is 0.145 e. The molecule has 0 saturated carbocycles. The average molecular weight is 639 g/mol. The molecule has 3 heteroatoms. The highest BCUT2D eigenvalue weighted by atomic mass is 16.3. The molecule has 0 amide bonds. The van der Waals surface area contributed by atoms with E-state index in [0.29, 0.717) is 0 Å². The predicted molar refractivity (Wildman–Crippen MR) is 208 cm³/mol. The molecule has 3 heterocycles. The maximum absolute atomic E-state index is 6.98. The highest BCUT2D eigenvalue weighted by Gasteiger charge is 2.20. The Hall–Kier alpha value is -6.71. The third-order valence-electron chi connectivity index (χ3n) is 9.79. The molecule has 10 aromatic rings. The van der Waals surface area contributed by atoms with Crippen molar-refractivity contribution in [2.24, 2.45) is 0 Å². The lowest BCUT2D eigenvalue weighted by molar-refractivity contribution is 0.674. The third-order valence-corrected chi connectivity index (χ3v) is 9.79. The summed E-state index contributed by atoms with van der Waals surface area (Å²) in [5, 5.41) is 4.55. The van der Waals surface area contributed by atoms with Gasteiger partial charge in [0.1, 0.15) is 11.2 Å². The standard InChI is InChI=1S/C47H30N2O/c1-4-14-31(15-5-1)41-29-35(30-42(48-41)32-16-6-2-7-17-32)33-18-12-19-34(28-33)37-23-13-24-38-39-26-27-44-45(47(39)50-46(37)38)40-22-10-11-25-43(40)49(44)36-20-8-3-9-21-36/h1-30H. The number of fused-ring (bicyclic) bond motifs is 7. The second-order valence-corrected chi connectivity index (χ2v) is 12.7. The van der Waals surface area contributed by atoms with Crippen molar-refractivity contribution in [1.82, 2.24) is 9.55 Å². The highest BCUT2D eigenvalue weighted by molar-refractivity contribution is 6.24. The molecular weight excluding hydrogens is 609 g/mol. The van der Waals surface area contributed by atoms with Crippen LogP contribution in [0.1, 0.15) is 0 Å². The van der Waals surface area contributed by atoms with Crippen LogP contribution in [0, 0.1) is 0 Å². The largest absolute Gasteiger partial charge is 0.455 e. The second-order valence-electron chi connectivity index (χ2n) is 12.7. The molecule has 0 radical (unpaired) electrons. The fourth-order valence-electron chi connectivity index (χ4n) is 7.47. The number of furan rings is 1. The number of hydrogen-bond acceptors (Lipinski definition) is 2. The summed E-state index contributed by atoms with van der Waals surface area (Å²) in [6.45, 7) is 0. The van der Waals surface area contributed by atoms with Gasteiger partial charge in [-0.3, -0.25) is 0 Å². The van der Waals surface area contributed by atoms with Crippen LogP contribution in [0.4, 0.5) is 0 Å². The molecule has 0 N–H and O–H groups in total. The summed E-state index contributed by atoms with van der Waals surface area (Å²) in [6, 6.07) is 64.1. The van der Waals surface area contributed by atoms with Crippen LogP contribution in [0.5, 0.6) is 0 Å². The van der Waals surface area contributed by atoms with Crippen molar-refractivity contribution >= 4 is 43.7 Å². The van der Waals surface area contributed by atoms with Gasteiger partial charge in [0.25, 0.3) is 0 Å². The van der Waals surface area contributed by atoms with Crippen molar-refractivity contribution in [3.63, 3.8) is 0 Å². The van der Waals surface area contributed by atoms with Gasteiger partial charge in [0.05, 0.1) is 27.8 Å². The average Bonchev–Trinajstić information content (AvgIpc) is 3.75. The van der Waals surface area contributed by atoms with Crippen LogP contribution in [-0.4, -0.2) is 9.55 Å². The molecular formula is C47H30N2O. The molecule has 0 bridgehead atoms. The van der Waals surface area contributed by atoms with Gasteiger partial charge in [-0.25, -0.2) is 4.98 Å². The first-order valence-corrected chi connectivity index (χ1v) is 17.0. The number of rotatable bonds is 5. The first-order valence-electron chi connectivity index (χ1n) is 17.0. The van der Waals surface area contributed by atoms with Gasteiger partial charge in [-0.15, -0.1) is 0 Å². The van der Waals surface area contributed by atoms with Crippen molar-refractivity contribution in [2.45, 2.75) is 0 Å². The minimum absolute atomic E-state index is 0.897. The summed E-state index contributed by atoms with van der Waals surface area (Å²) in [4.78, 5) is 5.10. The summed E-state index contributed by atoms with van der Waals surface area (Å²) in [7, 11) is 0. The maximum atomic E-state index is 6.98. The van der Waals surface area contributed by atoms with E-state index in [1.807, 2.05) is 12.1 Å². The van der Waals surface area contributed by atoms with Gasteiger partial charge < -0.3 is 8.98 Å². The van der Waals surface area contributed by atoms with Crippen molar-refractivity contribution in [2.75, 3.05) is 0 Å². The number of pyridine rings is 1. The molecule has 234 valence electrons. The van der Waals surface area contributed by atoms with E-state index in [9.17, 15) is 0 Å². The summed E-state index contributed by atoms with van der Waals surface area (Å²) in [5.41, 5.74) is 13.7. The van der Waals surface area contributed by atoms with E-state index in [2.05, 4.69) is 174 Å². The normalized spacial score (nSPS) is 11.6. The van der Waals surface area contributed by atoms with E-state index < -0.39 is 0 Å². The summed E-state index contributed by atoms with van der Waals surface area (Å²) < 4.78 is 9.32. The molecule has 3 nitrogen and oxygen atoms in total. The Labute approximate surface area is 289 Å². The first kappa shape index (κ1) is 28.3. The van der Waals surface area contributed by atoms with Gasteiger partial charge in [0.15, 0.2) is 0 Å². The van der Waals surface area contributed by atoms with E-state index in [-0.39, 0.29) is 0 Å². The number of aromatic nitrogens is 2. The van der Waals surface area contributed by atoms with Crippen LogP contribution >= 0.6 is 0 Å². The van der Waals surface area contributed by atoms with Gasteiger partial charge in [-0.05, 0) is 65.2 Å². The van der Waals surface area contributed by atoms with E-state index in [1.54, 1.807) is 0 Å². The minimum Gasteiger partial charge on any atom is -0.455 e. The third kappa shape index (κ3) is 4.56. The van der Waals surface area contributed by atoms with Gasteiger partial charge >= 0.3 is 0 Å². The lowest BCUT2D eigenvalue weighted by atomic mass is 9.96. The molecule has 0 aliphatic carbocycles. The van der Waals surface area contributed by atoms with Crippen LogP contribution in [0.15, 0.2) is 186 Å². The number of para-hydroxylation sites is 3. The molecule has 0 fully saturated rings. The monoisotopic (exact) mass is 638 g/mol. The Bertz CT molecular complexity index is 2790. The zero-order valence-electron chi connectivity index (χ0n) is 27.1. The molecule has 0 aliphatic heterocycles. The van der Waals surface area contributed by atoms with E-state index >= 15 is 0 Å². The molecule has 0 spiro atoms. The Morgan fingerprint density at radius 3 is 1.70 bits per heavy atom. The van der Waals surface area contributed by atoms with Crippen molar-refractivity contribution < 1.29 is 4.42 Å². The zero-order valence-corrected chi connectivity index (χ0v) is 27.1. The second kappa shape index (κ2) is 11.5. The Morgan fingerprint density at radius 2 is 0.960 bits per heavy atom. The number of hydrogen-bond donors (Lipinski definition) is 0. The fraction of sp³-hybridized carbons (Fsp3) is 0. The first-order chi connectivity index (χ1) is 24.8. The van der Waals surface area contributed by atoms with E-state index in [1.165, 1.54) is 5.39 Å². The van der Waals surface area contributed by atoms with Crippen molar-refractivity contribution in [3.8, 4) is 50.5 Å². The van der Waals surface area contributed by atoms with Gasteiger partial charge in [-0.2, -0.15) is 0 Å². The van der Waals surface area contributed by atoms with Gasteiger partial charge in [-0.1, -0.05) is 133 Å². The van der Waals surface area contributed by atoms with Gasteiger partial charge in [0.2, 0.25) is 0 Å². The SMILES string of the molecule is c1ccc(-c2cc(-c3cccc(-c4cccc5c4oc4c5ccc5c4c4ccccc4n5-c4ccccc4)c3)cc(-c3ccccc3)n2)cc1. The molecule has 0 aliphatic rings. The van der Waals surface area contributed by atoms with Crippen LogP contribution in [-0.2, 0) is 0 Å². The van der Waals surface area contributed by atoms with Crippen LogP contribution in [0.3, 0.4) is 0 Å². The van der Waals surface area contributed by atoms with Gasteiger partial charge in [0, 0.05) is 38.5 Å².